The molecule has 2 amide bonds. The highest BCUT2D eigenvalue weighted by Crippen LogP contribution is 2.26. The van der Waals surface area contributed by atoms with Crippen LogP contribution < -0.4 is 0 Å². The highest BCUT2D eigenvalue weighted by Gasteiger charge is 2.29. The molecular weight excluding hydrogens is 242 g/mol. The zero-order valence-corrected chi connectivity index (χ0v) is 10.0. The molecule has 0 aliphatic carbocycles. The normalized spacial score (nSPS) is 14.5. The minimum atomic E-state index is -0.661. The lowest BCUT2D eigenvalue weighted by atomic mass is 9.94. The number of fused-ring (bicyclic) bond motifs is 1. The number of carbonyl (C=O) groups excluding carboxylic acids is 2. The smallest absolute Gasteiger partial charge is 0.278 e. The number of imide groups is 1. The molecule has 1 heterocycles. The molecule has 19 heavy (non-hydrogen) atoms. The Morgan fingerprint density at radius 2 is 1.68 bits per heavy atom. The Bertz CT molecular complexity index is 664. The minimum Gasteiger partial charge on any atom is -0.278 e. The van der Waals surface area contributed by atoms with Crippen molar-refractivity contribution in [1.82, 2.24) is 5.06 Å². The number of carbonyl (C=O) groups is 2. The van der Waals surface area contributed by atoms with E-state index in [9.17, 15) is 14.8 Å². The summed E-state index contributed by atoms with van der Waals surface area (Å²) in [5, 5.41) is 9.50. The summed E-state index contributed by atoms with van der Waals surface area (Å²) in [5.74, 6) is -1.26. The van der Waals surface area contributed by atoms with Crippen molar-refractivity contribution in [3.63, 3.8) is 0 Å². The van der Waals surface area contributed by atoms with E-state index in [-0.39, 0.29) is 11.5 Å². The Morgan fingerprint density at radius 3 is 2.42 bits per heavy atom. The fraction of sp³-hybridized carbons (Fsp3) is 0.0667. The van der Waals surface area contributed by atoms with Crippen LogP contribution in [0, 0.1) is 0 Å². The van der Waals surface area contributed by atoms with Gasteiger partial charge in [-0.2, -0.15) is 5.06 Å². The molecule has 0 spiro atoms. The van der Waals surface area contributed by atoms with Crippen molar-refractivity contribution in [3.8, 4) is 11.1 Å². The number of hydroxylamine groups is 2. The van der Waals surface area contributed by atoms with E-state index in [2.05, 4.69) is 0 Å². The lowest BCUT2D eigenvalue weighted by Crippen LogP contribution is -2.39. The molecule has 0 unspecified atom stereocenters. The van der Waals surface area contributed by atoms with Gasteiger partial charge in [-0.1, -0.05) is 36.4 Å². The third-order valence-electron chi connectivity index (χ3n) is 3.21. The summed E-state index contributed by atoms with van der Waals surface area (Å²) < 4.78 is 0. The number of nitrogens with zero attached hydrogens (tertiary/aromatic N) is 1. The van der Waals surface area contributed by atoms with Gasteiger partial charge in [0.25, 0.3) is 11.8 Å². The quantitative estimate of drug-likeness (QED) is 0.626. The summed E-state index contributed by atoms with van der Waals surface area (Å²) in [6.45, 7) is 0. The van der Waals surface area contributed by atoms with Gasteiger partial charge in [-0.15, -0.1) is 0 Å². The molecule has 0 fully saturated rings. The lowest BCUT2D eigenvalue weighted by Gasteiger charge is -2.21. The van der Waals surface area contributed by atoms with Crippen LogP contribution >= 0.6 is 0 Å². The molecule has 2 aromatic rings. The standard InChI is InChI=1S/C15H11NO3/c17-14-9-12-8-11(10-4-2-1-3-5-10)6-7-13(12)15(18)16(14)19/h1-8,19H,9H2. The van der Waals surface area contributed by atoms with E-state index in [0.717, 1.165) is 11.1 Å². The number of amides is 2. The van der Waals surface area contributed by atoms with Gasteiger partial charge in [0, 0.05) is 5.56 Å². The topological polar surface area (TPSA) is 57.6 Å². The van der Waals surface area contributed by atoms with Crippen molar-refractivity contribution < 1.29 is 14.8 Å². The molecule has 0 atom stereocenters. The molecule has 4 nitrogen and oxygen atoms in total. The molecule has 0 aromatic heterocycles. The average Bonchev–Trinajstić information content (AvgIpc) is 2.45. The molecule has 0 saturated heterocycles. The zero-order chi connectivity index (χ0) is 13.4. The molecule has 4 heteroatoms. The maximum atomic E-state index is 11.7. The largest absolute Gasteiger partial charge is 0.284 e. The van der Waals surface area contributed by atoms with Crippen molar-refractivity contribution in [2.24, 2.45) is 0 Å². The number of hydrogen-bond donors (Lipinski definition) is 1. The second-order valence-electron chi connectivity index (χ2n) is 4.43. The van der Waals surface area contributed by atoms with Crippen LogP contribution in [0.25, 0.3) is 11.1 Å². The lowest BCUT2D eigenvalue weighted by molar-refractivity contribution is -0.153. The highest BCUT2D eigenvalue weighted by molar-refractivity contribution is 6.08. The molecule has 0 bridgehead atoms. The van der Waals surface area contributed by atoms with Crippen LogP contribution in [0.15, 0.2) is 48.5 Å². The first kappa shape index (κ1) is 11.6. The minimum absolute atomic E-state index is 0.0399. The van der Waals surface area contributed by atoms with Gasteiger partial charge in [0.1, 0.15) is 0 Å². The van der Waals surface area contributed by atoms with E-state index in [1.165, 1.54) is 0 Å². The Hall–Kier alpha value is -2.46. The van der Waals surface area contributed by atoms with Crippen LogP contribution in [0.5, 0.6) is 0 Å². The predicted molar refractivity (Wildman–Crippen MR) is 68.5 cm³/mol. The third kappa shape index (κ3) is 1.92. The summed E-state index contributed by atoms with van der Waals surface area (Å²) in [4.78, 5) is 23.2. The molecule has 1 aliphatic rings. The number of hydrogen-bond acceptors (Lipinski definition) is 3. The van der Waals surface area contributed by atoms with Crippen LogP contribution in [0.1, 0.15) is 15.9 Å². The Morgan fingerprint density at radius 1 is 0.947 bits per heavy atom. The maximum absolute atomic E-state index is 11.7. The molecule has 0 radical (unpaired) electrons. The molecule has 94 valence electrons. The van der Waals surface area contributed by atoms with Crippen LogP contribution in [0.4, 0.5) is 0 Å². The monoisotopic (exact) mass is 253 g/mol. The van der Waals surface area contributed by atoms with Crippen LogP contribution in [0.2, 0.25) is 0 Å². The molecule has 3 rings (SSSR count). The van der Waals surface area contributed by atoms with E-state index in [0.29, 0.717) is 11.1 Å². The Balaban J connectivity index is 2.08. The van der Waals surface area contributed by atoms with E-state index >= 15 is 0 Å². The van der Waals surface area contributed by atoms with Crippen LogP contribution in [-0.2, 0) is 11.2 Å². The highest BCUT2D eigenvalue weighted by atomic mass is 16.5. The molecule has 1 N–H and O–H groups in total. The fourth-order valence-electron chi connectivity index (χ4n) is 2.22. The van der Waals surface area contributed by atoms with Gasteiger partial charge in [-0.05, 0) is 28.8 Å². The molecular formula is C15H11NO3. The van der Waals surface area contributed by atoms with Crippen molar-refractivity contribution in [2.45, 2.75) is 6.42 Å². The van der Waals surface area contributed by atoms with Crippen LogP contribution in [-0.4, -0.2) is 22.1 Å². The first-order valence-electron chi connectivity index (χ1n) is 5.91. The number of benzene rings is 2. The Kier molecular flexibility index (Phi) is 2.65. The second-order valence-corrected chi connectivity index (χ2v) is 4.43. The maximum Gasteiger partial charge on any atom is 0.284 e. The second kappa shape index (κ2) is 4.33. The molecule has 2 aromatic carbocycles. The van der Waals surface area contributed by atoms with Gasteiger partial charge in [-0.3, -0.25) is 14.8 Å². The summed E-state index contributed by atoms with van der Waals surface area (Å²) in [6.07, 6.45) is 0.0399. The molecule has 0 saturated carbocycles. The van der Waals surface area contributed by atoms with E-state index < -0.39 is 11.8 Å². The number of rotatable bonds is 1. The first-order chi connectivity index (χ1) is 9.16. The predicted octanol–water partition coefficient (Wildman–Crippen LogP) is 2.27. The fourth-order valence-corrected chi connectivity index (χ4v) is 2.22. The first-order valence-corrected chi connectivity index (χ1v) is 5.91. The van der Waals surface area contributed by atoms with Crippen molar-refractivity contribution in [1.29, 1.82) is 0 Å². The molecule has 1 aliphatic heterocycles. The van der Waals surface area contributed by atoms with Gasteiger partial charge in [-0.25, -0.2) is 0 Å². The zero-order valence-electron chi connectivity index (χ0n) is 10.0. The van der Waals surface area contributed by atoms with Gasteiger partial charge in [0.05, 0.1) is 6.42 Å². The summed E-state index contributed by atoms with van der Waals surface area (Å²) in [7, 11) is 0. The van der Waals surface area contributed by atoms with Crippen molar-refractivity contribution in [2.75, 3.05) is 0 Å². The summed E-state index contributed by atoms with van der Waals surface area (Å²) >= 11 is 0. The van der Waals surface area contributed by atoms with Crippen molar-refractivity contribution >= 4 is 11.8 Å². The van der Waals surface area contributed by atoms with Crippen LogP contribution in [0.3, 0.4) is 0 Å². The summed E-state index contributed by atoms with van der Waals surface area (Å²) in [6, 6.07) is 15.0. The van der Waals surface area contributed by atoms with E-state index in [1.54, 1.807) is 6.07 Å². The average molecular weight is 253 g/mol. The van der Waals surface area contributed by atoms with Gasteiger partial charge in [0.15, 0.2) is 0 Å². The van der Waals surface area contributed by atoms with Gasteiger partial charge >= 0.3 is 0 Å². The van der Waals surface area contributed by atoms with Gasteiger partial charge < -0.3 is 0 Å². The summed E-state index contributed by atoms with van der Waals surface area (Å²) in [5.41, 5.74) is 3.01. The Labute approximate surface area is 109 Å². The SMILES string of the molecule is O=C1Cc2cc(-c3ccccc3)ccc2C(=O)N1O. The van der Waals surface area contributed by atoms with Gasteiger partial charge in [0.2, 0.25) is 0 Å². The van der Waals surface area contributed by atoms with Crippen molar-refractivity contribution in [3.05, 3.63) is 59.7 Å². The van der Waals surface area contributed by atoms with E-state index in [4.69, 9.17) is 0 Å². The van der Waals surface area contributed by atoms with E-state index in [1.807, 2.05) is 42.5 Å². The third-order valence-corrected chi connectivity index (χ3v) is 3.21.